The molecule has 0 aromatic heterocycles. The average molecular weight is 278 g/mol. The van der Waals surface area contributed by atoms with Crippen LogP contribution in [0.2, 0.25) is 0 Å². The van der Waals surface area contributed by atoms with Gasteiger partial charge in [0, 0.05) is 20.2 Å². The normalized spacial score (nSPS) is 17.4. The van der Waals surface area contributed by atoms with E-state index < -0.39 is 0 Å². The van der Waals surface area contributed by atoms with Crippen molar-refractivity contribution in [1.82, 2.24) is 10.2 Å². The number of phenolic OH excluding ortho intramolecular Hbond substituents is 1. The van der Waals surface area contributed by atoms with Crippen molar-refractivity contribution in [2.75, 3.05) is 39.9 Å². The first-order chi connectivity index (χ1) is 9.78. The Hall–Kier alpha value is -1.10. The van der Waals surface area contributed by atoms with Gasteiger partial charge in [0.15, 0.2) is 0 Å². The van der Waals surface area contributed by atoms with Crippen LogP contribution >= 0.6 is 0 Å². The summed E-state index contributed by atoms with van der Waals surface area (Å²) in [6.45, 7) is 6.07. The van der Waals surface area contributed by atoms with E-state index in [-0.39, 0.29) is 0 Å². The van der Waals surface area contributed by atoms with Crippen LogP contribution in [0.3, 0.4) is 0 Å². The van der Waals surface area contributed by atoms with Gasteiger partial charge in [0.1, 0.15) is 5.75 Å². The van der Waals surface area contributed by atoms with E-state index >= 15 is 0 Å². The average Bonchev–Trinajstić information content (AvgIpc) is 2.45. The summed E-state index contributed by atoms with van der Waals surface area (Å²) in [6.07, 6.45) is 2.50. The number of methoxy groups -OCH3 is 1. The molecule has 4 nitrogen and oxygen atoms in total. The van der Waals surface area contributed by atoms with Gasteiger partial charge in [-0.3, -0.25) is 4.90 Å². The van der Waals surface area contributed by atoms with E-state index in [1.165, 1.54) is 18.4 Å². The van der Waals surface area contributed by atoms with Crippen LogP contribution < -0.4 is 5.32 Å². The van der Waals surface area contributed by atoms with E-state index in [4.69, 9.17) is 4.74 Å². The summed E-state index contributed by atoms with van der Waals surface area (Å²) in [6, 6.07) is 7.58. The van der Waals surface area contributed by atoms with Crippen molar-refractivity contribution in [3.63, 3.8) is 0 Å². The molecule has 20 heavy (non-hydrogen) atoms. The highest BCUT2D eigenvalue weighted by atomic mass is 16.5. The second-order valence-electron chi connectivity index (χ2n) is 5.59. The number of aromatic hydroxyl groups is 1. The van der Waals surface area contributed by atoms with Gasteiger partial charge in [-0.25, -0.2) is 0 Å². The molecule has 1 fully saturated rings. The van der Waals surface area contributed by atoms with Crippen molar-refractivity contribution in [1.29, 1.82) is 0 Å². The van der Waals surface area contributed by atoms with E-state index in [0.717, 1.165) is 45.2 Å². The lowest BCUT2D eigenvalue weighted by atomic mass is 9.96. The number of phenols is 1. The van der Waals surface area contributed by atoms with Gasteiger partial charge >= 0.3 is 0 Å². The highest BCUT2D eigenvalue weighted by Gasteiger charge is 2.18. The van der Waals surface area contributed by atoms with E-state index in [0.29, 0.717) is 5.75 Å². The maximum absolute atomic E-state index is 9.49. The molecule has 1 heterocycles. The monoisotopic (exact) mass is 278 g/mol. The lowest BCUT2D eigenvalue weighted by molar-refractivity contribution is 0.168. The Labute approximate surface area is 121 Å². The lowest BCUT2D eigenvalue weighted by Crippen LogP contribution is -2.37. The quantitative estimate of drug-likeness (QED) is 0.747. The van der Waals surface area contributed by atoms with Crippen LogP contribution in [0.5, 0.6) is 5.75 Å². The number of benzene rings is 1. The highest BCUT2D eigenvalue weighted by Crippen LogP contribution is 2.19. The second-order valence-corrected chi connectivity index (χ2v) is 5.59. The molecule has 1 aromatic carbocycles. The van der Waals surface area contributed by atoms with Gasteiger partial charge < -0.3 is 15.2 Å². The fourth-order valence-corrected chi connectivity index (χ4v) is 2.74. The standard InChI is InChI=1S/C16H26N2O2/c1-20-10-7-17-12-14-5-8-18(9-6-14)13-15-3-2-4-16(19)11-15/h2-4,11,14,17,19H,5-10,12-13H2,1H3. The molecule has 4 heteroatoms. The third kappa shape index (κ3) is 5.12. The summed E-state index contributed by atoms with van der Waals surface area (Å²) in [5, 5.41) is 12.9. The van der Waals surface area contributed by atoms with Gasteiger partial charge in [0.25, 0.3) is 0 Å². The van der Waals surface area contributed by atoms with Crippen LogP contribution in [-0.4, -0.2) is 49.9 Å². The van der Waals surface area contributed by atoms with Crippen LogP contribution in [0.4, 0.5) is 0 Å². The number of ether oxygens (including phenoxy) is 1. The van der Waals surface area contributed by atoms with E-state index in [1.54, 1.807) is 13.2 Å². The van der Waals surface area contributed by atoms with Gasteiger partial charge in [-0.05, 0) is 56.1 Å². The zero-order valence-electron chi connectivity index (χ0n) is 12.3. The third-order valence-corrected chi connectivity index (χ3v) is 3.94. The number of piperidine rings is 1. The van der Waals surface area contributed by atoms with Crippen LogP contribution in [0.15, 0.2) is 24.3 Å². The van der Waals surface area contributed by atoms with Crippen molar-refractivity contribution in [2.45, 2.75) is 19.4 Å². The van der Waals surface area contributed by atoms with Gasteiger partial charge in [0.2, 0.25) is 0 Å². The molecule has 0 radical (unpaired) electrons. The second kappa shape index (κ2) is 8.25. The SMILES string of the molecule is COCCNCC1CCN(Cc2cccc(O)c2)CC1. The Morgan fingerprint density at radius 1 is 1.35 bits per heavy atom. The molecule has 0 amide bonds. The van der Waals surface area contributed by atoms with Crippen molar-refractivity contribution in [3.8, 4) is 5.75 Å². The summed E-state index contributed by atoms with van der Waals surface area (Å²) in [5.74, 6) is 1.15. The Bertz CT molecular complexity index is 390. The predicted molar refractivity (Wildman–Crippen MR) is 80.9 cm³/mol. The molecular formula is C16H26N2O2. The van der Waals surface area contributed by atoms with Crippen molar-refractivity contribution < 1.29 is 9.84 Å². The molecule has 0 unspecified atom stereocenters. The first-order valence-corrected chi connectivity index (χ1v) is 7.48. The molecule has 0 spiro atoms. The predicted octanol–water partition coefficient (Wildman–Crippen LogP) is 1.84. The molecule has 2 N–H and O–H groups in total. The van der Waals surface area contributed by atoms with Gasteiger partial charge in [0.05, 0.1) is 6.61 Å². The fraction of sp³-hybridized carbons (Fsp3) is 0.625. The zero-order chi connectivity index (χ0) is 14.2. The van der Waals surface area contributed by atoms with Crippen molar-refractivity contribution in [2.24, 2.45) is 5.92 Å². The summed E-state index contributed by atoms with van der Waals surface area (Å²) in [5.41, 5.74) is 1.20. The number of nitrogens with zero attached hydrogens (tertiary/aromatic N) is 1. The maximum atomic E-state index is 9.49. The summed E-state index contributed by atoms with van der Waals surface area (Å²) in [4.78, 5) is 2.47. The van der Waals surface area contributed by atoms with Crippen molar-refractivity contribution >= 4 is 0 Å². The van der Waals surface area contributed by atoms with Gasteiger partial charge in [-0.2, -0.15) is 0 Å². The summed E-state index contributed by atoms with van der Waals surface area (Å²) in [7, 11) is 1.74. The van der Waals surface area contributed by atoms with Crippen LogP contribution in [0.25, 0.3) is 0 Å². The highest BCUT2D eigenvalue weighted by molar-refractivity contribution is 5.27. The Kier molecular flexibility index (Phi) is 6.30. The zero-order valence-corrected chi connectivity index (χ0v) is 12.3. The van der Waals surface area contributed by atoms with Gasteiger partial charge in [-0.1, -0.05) is 12.1 Å². The molecule has 0 bridgehead atoms. The minimum absolute atomic E-state index is 0.361. The Morgan fingerprint density at radius 2 is 2.15 bits per heavy atom. The molecule has 1 aromatic rings. The van der Waals surface area contributed by atoms with E-state index in [1.807, 2.05) is 12.1 Å². The molecular weight excluding hydrogens is 252 g/mol. The maximum Gasteiger partial charge on any atom is 0.115 e. The molecule has 0 saturated carbocycles. The first-order valence-electron chi connectivity index (χ1n) is 7.48. The van der Waals surface area contributed by atoms with E-state index in [2.05, 4.69) is 16.3 Å². The van der Waals surface area contributed by atoms with Crippen LogP contribution in [0.1, 0.15) is 18.4 Å². The lowest BCUT2D eigenvalue weighted by Gasteiger charge is -2.32. The first kappa shape index (κ1) is 15.3. The largest absolute Gasteiger partial charge is 0.508 e. The molecule has 0 aliphatic carbocycles. The van der Waals surface area contributed by atoms with Crippen LogP contribution in [0, 0.1) is 5.92 Å². The number of likely N-dealkylation sites (tertiary alicyclic amines) is 1. The number of hydrogen-bond acceptors (Lipinski definition) is 4. The third-order valence-electron chi connectivity index (χ3n) is 3.94. The number of hydrogen-bond donors (Lipinski definition) is 2. The van der Waals surface area contributed by atoms with E-state index in [9.17, 15) is 5.11 Å². The number of rotatable bonds is 7. The van der Waals surface area contributed by atoms with Gasteiger partial charge in [-0.15, -0.1) is 0 Å². The topological polar surface area (TPSA) is 44.7 Å². The minimum atomic E-state index is 0.361. The molecule has 2 rings (SSSR count). The molecule has 1 saturated heterocycles. The van der Waals surface area contributed by atoms with Crippen LogP contribution in [-0.2, 0) is 11.3 Å². The summed E-state index contributed by atoms with van der Waals surface area (Å²) < 4.78 is 5.03. The number of nitrogens with one attached hydrogen (secondary N) is 1. The summed E-state index contributed by atoms with van der Waals surface area (Å²) >= 11 is 0. The van der Waals surface area contributed by atoms with Crippen molar-refractivity contribution in [3.05, 3.63) is 29.8 Å². The molecule has 112 valence electrons. The smallest absolute Gasteiger partial charge is 0.115 e. The Morgan fingerprint density at radius 3 is 2.85 bits per heavy atom. The molecule has 1 aliphatic rings. The fourth-order valence-electron chi connectivity index (χ4n) is 2.74. The molecule has 1 aliphatic heterocycles. The molecule has 0 atom stereocenters. The Balaban J connectivity index is 1.66. The minimum Gasteiger partial charge on any atom is -0.508 e.